The van der Waals surface area contributed by atoms with Crippen molar-refractivity contribution < 1.29 is 28.2 Å². The number of hydrogen-bond donors (Lipinski definition) is 5. The number of amides is 2. The molecule has 0 heterocycles. The van der Waals surface area contributed by atoms with Crippen LogP contribution < -0.4 is 22.1 Å². The first-order valence-corrected chi connectivity index (χ1v) is 12.2. The van der Waals surface area contributed by atoms with E-state index in [9.17, 15) is 23.5 Å². The van der Waals surface area contributed by atoms with Crippen molar-refractivity contribution in [2.45, 2.75) is 52.0 Å². The smallest absolute Gasteiger partial charge is 0.250 e. The molecule has 2 amide bonds. The van der Waals surface area contributed by atoms with Crippen LogP contribution in [0.3, 0.4) is 0 Å². The number of carbonyl (C=O) groups excluding carboxylic acids is 2. The summed E-state index contributed by atoms with van der Waals surface area (Å²) in [5.41, 5.74) is 12.5. The van der Waals surface area contributed by atoms with Gasteiger partial charge in [-0.25, -0.2) is 8.78 Å². The van der Waals surface area contributed by atoms with E-state index in [1.54, 1.807) is 6.92 Å². The molecule has 4 atom stereocenters. The second-order valence-electron chi connectivity index (χ2n) is 10.1. The average Bonchev–Trinajstić information content (AvgIpc) is 2.87. The van der Waals surface area contributed by atoms with Crippen LogP contribution in [0.2, 0.25) is 0 Å². The molecule has 0 aromatic heterocycles. The number of aliphatic hydroxyl groups excluding tert-OH is 1. The van der Waals surface area contributed by atoms with Crippen LogP contribution in [0.4, 0.5) is 8.78 Å². The molecule has 10 heteroatoms. The van der Waals surface area contributed by atoms with E-state index in [1.807, 2.05) is 44.2 Å². The molecular weight excluding hydrogens is 482 g/mol. The summed E-state index contributed by atoms with van der Waals surface area (Å²) in [4.78, 5) is 25.0. The predicted octanol–water partition coefficient (Wildman–Crippen LogP) is 1.63. The molecule has 2 aromatic carbocycles. The van der Waals surface area contributed by atoms with Crippen LogP contribution in [0.25, 0.3) is 0 Å². The van der Waals surface area contributed by atoms with Crippen molar-refractivity contribution in [2.24, 2.45) is 22.8 Å². The number of hydrogen-bond acceptors (Lipinski definition) is 6. The minimum Gasteiger partial charge on any atom is -0.382 e. The third-order valence-corrected chi connectivity index (χ3v) is 6.10. The molecule has 4 unspecified atom stereocenters. The highest BCUT2D eigenvalue weighted by Crippen LogP contribution is 2.16. The maximum absolute atomic E-state index is 13.9. The maximum Gasteiger partial charge on any atom is 0.250 e. The highest BCUT2D eigenvalue weighted by atomic mass is 19.1. The average molecular weight is 521 g/mol. The topological polar surface area (TPSA) is 140 Å². The van der Waals surface area contributed by atoms with E-state index in [2.05, 4.69) is 10.6 Å². The van der Waals surface area contributed by atoms with E-state index in [0.717, 1.165) is 23.8 Å². The van der Waals surface area contributed by atoms with Gasteiger partial charge in [0.1, 0.15) is 17.7 Å². The molecule has 0 saturated carbocycles. The van der Waals surface area contributed by atoms with Crippen molar-refractivity contribution >= 4 is 11.8 Å². The fraction of sp³-hybridized carbons (Fsp3) is 0.481. The lowest BCUT2D eigenvalue weighted by atomic mass is 9.91. The van der Waals surface area contributed by atoms with Crippen molar-refractivity contribution in [3.63, 3.8) is 0 Å². The summed E-state index contributed by atoms with van der Waals surface area (Å²) in [5, 5.41) is 15.7. The van der Waals surface area contributed by atoms with Gasteiger partial charge in [0, 0.05) is 19.1 Å². The summed E-state index contributed by atoms with van der Waals surface area (Å²) < 4.78 is 32.8. The van der Waals surface area contributed by atoms with Crippen molar-refractivity contribution in [1.82, 2.24) is 10.6 Å². The standard InChI is InChI=1S/C27H38F2N4O4/c1-17(22(30)12-19-11-20(28)9-10-21(19)29)25(35)32-15-27(2,3)16-33-26(36)24(34)23(31)14-37-13-18-7-5-4-6-8-18/h4-11,17,22-24,34H,12-16,30-31H2,1-3H3,(H,32,35)(H,33,36). The Morgan fingerprint density at radius 1 is 1.00 bits per heavy atom. The number of nitrogens with one attached hydrogen (secondary N) is 2. The summed E-state index contributed by atoms with van der Waals surface area (Å²) in [6, 6.07) is 10.9. The predicted molar refractivity (Wildman–Crippen MR) is 137 cm³/mol. The molecule has 0 radical (unpaired) electrons. The van der Waals surface area contributed by atoms with E-state index in [-0.39, 0.29) is 37.6 Å². The van der Waals surface area contributed by atoms with Gasteiger partial charge in [0.05, 0.1) is 25.2 Å². The molecule has 2 aromatic rings. The fourth-order valence-corrected chi connectivity index (χ4v) is 3.48. The summed E-state index contributed by atoms with van der Waals surface area (Å²) in [7, 11) is 0. The van der Waals surface area contributed by atoms with Crippen LogP contribution in [-0.2, 0) is 27.4 Å². The number of halogens is 2. The van der Waals surface area contributed by atoms with Crippen LogP contribution in [0, 0.1) is 23.0 Å². The number of benzene rings is 2. The zero-order valence-electron chi connectivity index (χ0n) is 21.5. The van der Waals surface area contributed by atoms with Gasteiger partial charge in [-0.05, 0) is 41.2 Å². The van der Waals surface area contributed by atoms with Crippen LogP contribution in [0.15, 0.2) is 48.5 Å². The van der Waals surface area contributed by atoms with Crippen molar-refractivity contribution in [3.05, 3.63) is 71.3 Å². The molecule has 0 spiro atoms. The first-order chi connectivity index (χ1) is 17.4. The van der Waals surface area contributed by atoms with Gasteiger partial charge in [0.2, 0.25) is 5.91 Å². The Hall–Kier alpha value is -2.92. The molecule has 8 nitrogen and oxygen atoms in total. The summed E-state index contributed by atoms with van der Waals surface area (Å²) in [6.07, 6.45) is -1.45. The molecule has 0 bridgehead atoms. The van der Waals surface area contributed by atoms with Crippen LogP contribution in [-0.4, -0.2) is 54.8 Å². The third kappa shape index (κ3) is 10.2. The van der Waals surface area contributed by atoms with Gasteiger partial charge < -0.3 is 31.9 Å². The summed E-state index contributed by atoms with van der Waals surface area (Å²) in [6.45, 7) is 5.96. The zero-order chi connectivity index (χ0) is 27.6. The van der Waals surface area contributed by atoms with Gasteiger partial charge in [0.25, 0.3) is 5.91 Å². The SMILES string of the molecule is CC(C(=O)NCC(C)(C)CNC(=O)C(O)C(N)COCc1ccccc1)C(N)Cc1cc(F)ccc1F. The number of carbonyl (C=O) groups is 2. The van der Waals surface area contributed by atoms with Crippen LogP contribution in [0.1, 0.15) is 31.9 Å². The number of aliphatic hydroxyl groups is 1. The number of nitrogens with two attached hydrogens (primary N) is 2. The minimum absolute atomic E-state index is 0.000593. The van der Waals surface area contributed by atoms with Crippen LogP contribution in [0.5, 0.6) is 0 Å². The van der Waals surface area contributed by atoms with E-state index < -0.39 is 47.1 Å². The second-order valence-corrected chi connectivity index (χ2v) is 10.1. The van der Waals surface area contributed by atoms with Crippen LogP contribution >= 0.6 is 0 Å². The Morgan fingerprint density at radius 3 is 2.27 bits per heavy atom. The molecule has 0 aliphatic heterocycles. The van der Waals surface area contributed by atoms with E-state index >= 15 is 0 Å². The largest absolute Gasteiger partial charge is 0.382 e. The Labute approximate surface area is 216 Å². The van der Waals surface area contributed by atoms with Gasteiger partial charge in [0.15, 0.2) is 0 Å². The van der Waals surface area contributed by atoms with E-state index in [0.29, 0.717) is 6.61 Å². The van der Waals surface area contributed by atoms with Crippen molar-refractivity contribution in [3.8, 4) is 0 Å². The maximum atomic E-state index is 13.9. The summed E-state index contributed by atoms with van der Waals surface area (Å²) in [5.74, 6) is -2.80. The quantitative estimate of drug-likeness (QED) is 0.257. The first kappa shape index (κ1) is 30.3. The molecule has 0 fully saturated rings. The van der Waals surface area contributed by atoms with Gasteiger partial charge in [-0.3, -0.25) is 9.59 Å². The normalized spacial score (nSPS) is 14.9. The lowest BCUT2D eigenvalue weighted by molar-refractivity contribution is -0.131. The van der Waals surface area contributed by atoms with Crippen molar-refractivity contribution in [2.75, 3.05) is 19.7 Å². The Morgan fingerprint density at radius 2 is 1.62 bits per heavy atom. The Kier molecular flexibility index (Phi) is 11.6. The zero-order valence-corrected chi connectivity index (χ0v) is 21.5. The molecule has 0 aliphatic rings. The molecule has 0 saturated heterocycles. The van der Waals surface area contributed by atoms with Gasteiger partial charge in [-0.15, -0.1) is 0 Å². The molecule has 2 rings (SSSR count). The monoisotopic (exact) mass is 520 g/mol. The van der Waals surface area contributed by atoms with Gasteiger partial charge >= 0.3 is 0 Å². The molecular formula is C27H38F2N4O4. The molecule has 7 N–H and O–H groups in total. The third-order valence-electron chi connectivity index (χ3n) is 6.10. The highest BCUT2D eigenvalue weighted by Gasteiger charge is 2.28. The van der Waals surface area contributed by atoms with Gasteiger partial charge in [-0.2, -0.15) is 0 Å². The number of ether oxygens (including phenoxy) is 1. The van der Waals surface area contributed by atoms with E-state index in [1.165, 1.54) is 0 Å². The number of rotatable bonds is 14. The molecule has 37 heavy (non-hydrogen) atoms. The first-order valence-electron chi connectivity index (χ1n) is 12.2. The lowest BCUT2D eigenvalue weighted by Crippen LogP contribution is -2.51. The van der Waals surface area contributed by atoms with E-state index in [4.69, 9.17) is 16.2 Å². The Balaban J connectivity index is 1.74. The fourth-order valence-electron chi connectivity index (χ4n) is 3.48. The summed E-state index contributed by atoms with van der Waals surface area (Å²) >= 11 is 0. The van der Waals surface area contributed by atoms with Crippen molar-refractivity contribution in [1.29, 1.82) is 0 Å². The highest BCUT2D eigenvalue weighted by molar-refractivity contribution is 5.81. The molecule has 204 valence electrons. The molecule has 0 aliphatic carbocycles. The Bertz CT molecular complexity index is 1020. The lowest BCUT2D eigenvalue weighted by Gasteiger charge is -2.28. The second kappa shape index (κ2) is 14.1. The minimum atomic E-state index is -1.46. The van der Waals surface area contributed by atoms with Gasteiger partial charge in [-0.1, -0.05) is 51.1 Å².